The summed E-state index contributed by atoms with van der Waals surface area (Å²) in [5.41, 5.74) is -0.0193. The minimum Gasteiger partial charge on any atom is -0.347 e. The molecule has 0 radical (unpaired) electrons. The van der Waals surface area contributed by atoms with Crippen LogP contribution in [0.3, 0.4) is 0 Å². The highest BCUT2D eigenvalue weighted by atomic mass is 16.2. The number of amides is 1. The predicted octanol–water partition coefficient (Wildman–Crippen LogP) is 1.10. The molecule has 5 heteroatoms. The fraction of sp³-hybridized carbons (Fsp3) is 0.462. The molecule has 0 spiro atoms. The Balaban J connectivity index is 1.77. The van der Waals surface area contributed by atoms with Crippen LogP contribution in [-0.4, -0.2) is 21.9 Å². The van der Waals surface area contributed by atoms with Crippen LogP contribution in [0.5, 0.6) is 0 Å². The Hall–Kier alpha value is -1.91. The van der Waals surface area contributed by atoms with Crippen LogP contribution in [0.1, 0.15) is 47.9 Å². The Morgan fingerprint density at radius 3 is 2.72 bits per heavy atom. The van der Waals surface area contributed by atoms with Crippen molar-refractivity contribution in [3.8, 4) is 0 Å². The maximum Gasteiger partial charge on any atom is 0.270 e. The number of H-pyrrole nitrogens is 1. The molecular weight excluding hydrogens is 230 g/mol. The number of nitrogens with one attached hydrogen (secondary N) is 2. The molecule has 1 heterocycles. The number of carbonyl (C=O) groups is 1. The van der Waals surface area contributed by atoms with Gasteiger partial charge in [0.25, 0.3) is 11.5 Å². The van der Waals surface area contributed by atoms with Gasteiger partial charge in [0.2, 0.25) is 0 Å². The third-order valence-corrected chi connectivity index (χ3v) is 3.30. The van der Waals surface area contributed by atoms with E-state index in [1.165, 1.54) is 6.07 Å². The van der Waals surface area contributed by atoms with Crippen molar-refractivity contribution in [2.45, 2.75) is 37.6 Å². The number of carbonyl (C=O) groups excluding carboxylic acids is 1. The number of aromatic nitrogens is 2. The van der Waals surface area contributed by atoms with Crippen molar-refractivity contribution in [1.82, 2.24) is 15.3 Å². The van der Waals surface area contributed by atoms with Gasteiger partial charge in [0.1, 0.15) is 11.5 Å². The largest absolute Gasteiger partial charge is 0.347 e. The Morgan fingerprint density at radius 2 is 2.06 bits per heavy atom. The van der Waals surface area contributed by atoms with Gasteiger partial charge in [-0.05, 0) is 25.7 Å². The summed E-state index contributed by atoms with van der Waals surface area (Å²) in [6.07, 6.45) is 7.88. The minimum atomic E-state index is -0.253. The highest BCUT2D eigenvalue weighted by Gasteiger charge is 2.27. The van der Waals surface area contributed by atoms with E-state index in [0.29, 0.717) is 11.7 Å². The molecule has 1 aromatic rings. The molecular formula is C13H15N3O2. The fourth-order valence-corrected chi connectivity index (χ4v) is 2.14. The van der Waals surface area contributed by atoms with Crippen molar-refractivity contribution < 1.29 is 4.79 Å². The first-order valence-electron chi connectivity index (χ1n) is 6.29. The van der Waals surface area contributed by atoms with Gasteiger partial charge in [-0.2, -0.15) is 0 Å². The van der Waals surface area contributed by atoms with E-state index < -0.39 is 0 Å². The first kappa shape index (κ1) is 11.2. The molecule has 0 atom stereocenters. The maximum absolute atomic E-state index is 12.0. The molecule has 1 saturated carbocycles. The summed E-state index contributed by atoms with van der Waals surface area (Å²) >= 11 is 0. The SMILES string of the molecule is O=C(NC1CC=CC1)c1cc(=O)[nH]c(C2CC2)n1. The molecule has 0 aromatic carbocycles. The van der Waals surface area contributed by atoms with Crippen molar-refractivity contribution in [3.63, 3.8) is 0 Å². The summed E-state index contributed by atoms with van der Waals surface area (Å²) in [4.78, 5) is 30.4. The molecule has 2 N–H and O–H groups in total. The lowest BCUT2D eigenvalue weighted by Gasteiger charge is -2.11. The monoisotopic (exact) mass is 245 g/mol. The van der Waals surface area contributed by atoms with Crippen LogP contribution in [0.2, 0.25) is 0 Å². The van der Waals surface area contributed by atoms with Crippen molar-refractivity contribution >= 4 is 5.91 Å². The normalized spacial score (nSPS) is 19.1. The summed E-state index contributed by atoms with van der Waals surface area (Å²) in [5.74, 6) is 0.729. The highest BCUT2D eigenvalue weighted by molar-refractivity contribution is 5.92. The zero-order valence-electron chi connectivity index (χ0n) is 9.98. The van der Waals surface area contributed by atoms with Crippen molar-refractivity contribution in [1.29, 1.82) is 0 Å². The van der Waals surface area contributed by atoms with E-state index >= 15 is 0 Å². The summed E-state index contributed by atoms with van der Waals surface area (Å²) in [7, 11) is 0. The van der Waals surface area contributed by atoms with Gasteiger partial charge in [0.05, 0.1) is 0 Å². The lowest BCUT2D eigenvalue weighted by molar-refractivity contribution is 0.0933. The Bertz CT molecular complexity index is 550. The van der Waals surface area contributed by atoms with Gasteiger partial charge >= 0.3 is 0 Å². The third-order valence-electron chi connectivity index (χ3n) is 3.30. The van der Waals surface area contributed by atoms with E-state index in [2.05, 4.69) is 15.3 Å². The highest BCUT2D eigenvalue weighted by Crippen LogP contribution is 2.37. The number of rotatable bonds is 3. The van der Waals surface area contributed by atoms with Crippen LogP contribution in [0.15, 0.2) is 23.0 Å². The van der Waals surface area contributed by atoms with Crippen LogP contribution in [0.25, 0.3) is 0 Å². The van der Waals surface area contributed by atoms with Crippen molar-refractivity contribution in [3.05, 3.63) is 40.1 Å². The maximum atomic E-state index is 12.0. The molecule has 1 aromatic heterocycles. The molecule has 0 saturated heterocycles. The van der Waals surface area contributed by atoms with Gasteiger partial charge in [-0.1, -0.05) is 12.2 Å². The topological polar surface area (TPSA) is 74.8 Å². The molecule has 1 fully saturated rings. The molecule has 0 unspecified atom stereocenters. The second kappa shape index (κ2) is 4.40. The van der Waals surface area contributed by atoms with Gasteiger partial charge in [-0.15, -0.1) is 0 Å². The molecule has 5 nitrogen and oxygen atoms in total. The van der Waals surface area contributed by atoms with Gasteiger partial charge in [0, 0.05) is 18.0 Å². The zero-order chi connectivity index (χ0) is 12.5. The Labute approximate surface area is 104 Å². The number of hydrogen-bond acceptors (Lipinski definition) is 3. The number of nitrogens with zero attached hydrogens (tertiary/aromatic N) is 1. The van der Waals surface area contributed by atoms with Crippen LogP contribution >= 0.6 is 0 Å². The number of aromatic amines is 1. The molecule has 1 amide bonds. The minimum absolute atomic E-state index is 0.142. The van der Waals surface area contributed by atoms with Crippen LogP contribution in [0.4, 0.5) is 0 Å². The average molecular weight is 245 g/mol. The van der Waals surface area contributed by atoms with E-state index in [4.69, 9.17) is 0 Å². The molecule has 2 aliphatic rings. The molecule has 18 heavy (non-hydrogen) atoms. The molecule has 3 rings (SSSR count). The van der Waals surface area contributed by atoms with Gasteiger partial charge < -0.3 is 10.3 Å². The van der Waals surface area contributed by atoms with Crippen LogP contribution < -0.4 is 10.9 Å². The summed E-state index contributed by atoms with van der Waals surface area (Å²) in [6.45, 7) is 0. The molecule has 2 aliphatic carbocycles. The van der Waals surface area contributed by atoms with Gasteiger partial charge in [-0.25, -0.2) is 4.98 Å². The summed E-state index contributed by atoms with van der Waals surface area (Å²) in [5, 5.41) is 2.89. The fourth-order valence-electron chi connectivity index (χ4n) is 2.14. The molecule has 0 bridgehead atoms. The van der Waals surface area contributed by atoms with Crippen molar-refractivity contribution in [2.75, 3.05) is 0 Å². The lowest BCUT2D eigenvalue weighted by Crippen LogP contribution is -2.34. The average Bonchev–Trinajstić information content (AvgIpc) is 3.08. The summed E-state index contributed by atoms with van der Waals surface area (Å²) < 4.78 is 0. The van der Waals surface area contributed by atoms with E-state index in [1.807, 2.05) is 12.2 Å². The summed E-state index contributed by atoms with van der Waals surface area (Å²) in [6, 6.07) is 1.41. The van der Waals surface area contributed by atoms with E-state index in [-0.39, 0.29) is 23.2 Å². The Kier molecular flexibility index (Phi) is 2.74. The predicted molar refractivity (Wildman–Crippen MR) is 66.5 cm³/mol. The standard InChI is InChI=1S/C13H15N3O2/c17-11-7-10(15-12(16-11)8-5-6-8)13(18)14-9-3-1-2-4-9/h1-2,7-9H,3-6H2,(H,14,18)(H,15,16,17). The van der Waals surface area contributed by atoms with E-state index in [1.54, 1.807) is 0 Å². The van der Waals surface area contributed by atoms with Crippen LogP contribution in [-0.2, 0) is 0 Å². The van der Waals surface area contributed by atoms with Gasteiger partial charge in [-0.3, -0.25) is 9.59 Å². The van der Waals surface area contributed by atoms with E-state index in [0.717, 1.165) is 25.7 Å². The second-order valence-corrected chi connectivity index (χ2v) is 4.90. The molecule has 94 valence electrons. The quantitative estimate of drug-likeness (QED) is 0.783. The first-order valence-corrected chi connectivity index (χ1v) is 6.29. The third kappa shape index (κ3) is 2.34. The zero-order valence-corrected chi connectivity index (χ0v) is 9.98. The second-order valence-electron chi connectivity index (χ2n) is 4.90. The van der Waals surface area contributed by atoms with E-state index in [9.17, 15) is 9.59 Å². The van der Waals surface area contributed by atoms with Gasteiger partial charge in [0.15, 0.2) is 0 Å². The molecule has 0 aliphatic heterocycles. The first-order chi connectivity index (χ1) is 8.72. The Morgan fingerprint density at radius 1 is 1.33 bits per heavy atom. The lowest BCUT2D eigenvalue weighted by atomic mass is 10.2. The smallest absolute Gasteiger partial charge is 0.270 e. The van der Waals surface area contributed by atoms with Crippen LogP contribution in [0, 0.1) is 0 Å². The number of hydrogen-bond donors (Lipinski definition) is 2. The van der Waals surface area contributed by atoms with Crippen molar-refractivity contribution in [2.24, 2.45) is 0 Å².